The van der Waals surface area contributed by atoms with Crippen LogP contribution in [0.2, 0.25) is 0 Å². The maximum absolute atomic E-state index is 9.55. The molecule has 0 heterocycles. The molecule has 0 aromatic rings. The molecule has 0 amide bonds. The summed E-state index contributed by atoms with van der Waals surface area (Å²) in [6, 6.07) is 0. The van der Waals surface area contributed by atoms with Gasteiger partial charge in [0.25, 0.3) is 0 Å². The third kappa shape index (κ3) is 5.02. The fourth-order valence-electron chi connectivity index (χ4n) is 0.624. The smallest absolute Gasteiger partial charge is 0.0651 e. The molecular formula is C10H20O. The molecule has 0 spiro atoms. The third-order valence-electron chi connectivity index (χ3n) is 1.90. The van der Waals surface area contributed by atoms with Crippen molar-refractivity contribution < 1.29 is 5.11 Å². The Kier molecular flexibility index (Phi) is 3.81. The van der Waals surface area contributed by atoms with Gasteiger partial charge in [0.15, 0.2) is 0 Å². The van der Waals surface area contributed by atoms with E-state index < -0.39 is 5.60 Å². The summed E-state index contributed by atoms with van der Waals surface area (Å²) in [6.07, 6.45) is 4.20. The van der Waals surface area contributed by atoms with E-state index in [-0.39, 0.29) is 5.92 Å². The first-order chi connectivity index (χ1) is 4.84. The van der Waals surface area contributed by atoms with Crippen molar-refractivity contribution in [3.05, 3.63) is 12.2 Å². The lowest BCUT2D eigenvalue weighted by Gasteiger charge is -2.22. The van der Waals surface area contributed by atoms with Gasteiger partial charge in [-0.3, -0.25) is 0 Å². The van der Waals surface area contributed by atoms with Crippen LogP contribution in [0, 0.1) is 11.8 Å². The van der Waals surface area contributed by atoms with Gasteiger partial charge in [-0.25, -0.2) is 0 Å². The van der Waals surface area contributed by atoms with Gasteiger partial charge < -0.3 is 5.11 Å². The highest BCUT2D eigenvalue weighted by Gasteiger charge is 2.18. The summed E-state index contributed by atoms with van der Waals surface area (Å²) in [7, 11) is 0. The Hall–Kier alpha value is -0.300. The Morgan fingerprint density at radius 3 is 1.82 bits per heavy atom. The van der Waals surface area contributed by atoms with Crippen LogP contribution in [0.3, 0.4) is 0 Å². The molecule has 0 rings (SSSR count). The van der Waals surface area contributed by atoms with Crippen molar-refractivity contribution >= 4 is 0 Å². The fourth-order valence-corrected chi connectivity index (χ4v) is 0.624. The van der Waals surface area contributed by atoms with Crippen LogP contribution in [0.25, 0.3) is 0 Å². The number of hydrogen-bond donors (Lipinski definition) is 1. The first kappa shape index (κ1) is 10.7. The fraction of sp³-hybridized carbons (Fsp3) is 0.800. The van der Waals surface area contributed by atoms with Crippen molar-refractivity contribution in [3.63, 3.8) is 0 Å². The van der Waals surface area contributed by atoms with E-state index in [2.05, 4.69) is 26.0 Å². The molecule has 0 saturated heterocycles. The maximum Gasteiger partial charge on any atom is 0.0651 e. The molecule has 1 atom stereocenters. The molecule has 0 radical (unpaired) electrons. The predicted octanol–water partition coefficient (Wildman–Crippen LogP) is 2.61. The lowest BCUT2D eigenvalue weighted by molar-refractivity contribution is 0.0439. The van der Waals surface area contributed by atoms with Crippen LogP contribution in [0.15, 0.2) is 12.2 Å². The topological polar surface area (TPSA) is 20.2 Å². The van der Waals surface area contributed by atoms with Gasteiger partial charge >= 0.3 is 0 Å². The summed E-state index contributed by atoms with van der Waals surface area (Å²) in [6.45, 7) is 9.96. The molecule has 0 aliphatic heterocycles. The minimum atomic E-state index is -0.592. The second kappa shape index (κ2) is 3.91. The van der Waals surface area contributed by atoms with Crippen LogP contribution < -0.4 is 0 Å². The van der Waals surface area contributed by atoms with E-state index in [4.69, 9.17) is 0 Å². The van der Waals surface area contributed by atoms with E-state index in [0.717, 1.165) is 0 Å². The minimum Gasteiger partial charge on any atom is -0.390 e. The molecule has 0 aliphatic carbocycles. The van der Waals surface area contributed by atoms with E-state index >= 15 is 0 Å². The van der Waals surface area contributed by atoms with Crippen molar-refractivity contribution in [1.82, 2.24) is 0 Å². The van der Waals surface area contributed by atoms with E-state index in [1.54, 1.807) is 0 Å². The molecule has 1 N–H and O–H groups in total. The molecule has 0 saturated carbocycles. The quantitative estimate of drug-likeness (QED) is 0.623. The van der Waals surface area contributed by atoms with E-state index in [9.17, 15) is 5.11 Å². The highest BCUT2D eigenvalue weighted by Crippen LogP contribution is 2.17. The van der Waals surface area contributed by atoms with Gasteiger partial charge in [0.2, 0.25) is 0 Å². The van der Waals surface area contributed by atoms with Crippen LogP contribution in [0.4, 0.5) is 0 Å². The predicted molar refractivity (Wildman–Crippen MR) is 49.4 cm³/mol. The van der Waals surface area contributed by atoms with E-state index in [1.165, 1.54) is 0 Å². The summed E-state index contributed by atoms with van der Waals surface area (Å²) < 4.78 is 0. The average Bonchev–Trinajstić information content (AvgIpc) is 1.80. The van der Waals surface area contributed by atoms with Gasteiger partial charge in [0.05, 0.1) is 5.60 Å². The van der Waals surface area contributed by atoms with Crippen LogP contribution in [-0.2, 0) is 0 Å². The Labute approximate surface area is 70.1 Å². The average molecular weight is 156 g/mol. The lowest BCUT2D eigenvalue weighted by Crippen LogP contribution is -2.26. The molecule has 0 fully saturated rings. The highest BCUT2D eigenvalue weighted by molar-refractivity contribution is 4.94. The summed E-state index contributed by atoms with van der Waals surface area (Å²) in [5.41, 5.74) is -0.592. The van der Waals surface area contributed by atoms with Gasteiger partial charge in [0.1, 0.15) is 0 Å². The van der Waals surface area contributed by atoms with Crippen molar-refractivity contribution in [2.24, 2.45) is 11.8 Å². The molecule has 1 heteroatoms. The highest BCUT2D eigenvalue weighted by atomic mass is 16.3. The number of rotatable bonds is 3. The summed E-state index contributed by atoms with van der Waals surface area (Å²) in [5, 5.41) is 9.55. The molecule has 0 aliphatic rings. The van der Waals surface area contributed by atoms with E-state index in [0.29, 0.717) is 5.92 Å². The molecule has 66 valence electrons. The summed E-state index contributed by atoms with van der Waals surface area (Å²) >= 11 is 0. The second-order valence-corrected chi connectivity index (χ2v) is 4.07. The maximum atomic E-state index is 9.55. The molecule has 0 unspecified atom stereocenters. The SMILES string of the molecule is CC(C)/C=C/[C@@H](C)C(C)(C)O. The van der Waals surface area contributed by atoms with Gasteiger partial charge in [0, 0.05) is 5.92 Å². The van der Waals surface area contributed by atoms with Gasteiger partial charge in [-0.1, -0.05) is 32.9 Å². The Morgan fingerprint density at radius 1 is 1.09 bits per heavy atom. The zero-order chi connectivity index (χ0) is 9.07. The normalized spacial score (nSPS) is 16.3. The monoisotopic (exact) mass is 156 g/mol. The van der Waals surface area contributed by atoms with Crippen molar-refractivity contribution in [2.75, 3.05) is 0 Å². The van der Waals surface area contributed by atoms with Gasteiger partial charge in [-0.2, -0.15) is 0 Å². The molecule has 11 heavy (non-hydrogen) atoms. The van der Waals surface area contributed by atoms with E-state index in [1.807, 2.05) is 20.8 Å². The van der Waals surface area contributed by atoms with Gasteiger partial charge in [-0.15, -0.1) is 0 Å². The first-order valence-electron chi connectivity index (χ1n) is 4.24. The van der Waals surface area contributed by atoms with Crippen molar-refractivity contribution in [3.8, 4) is 0 Å². The molecule has 1 nitrogen and oxygen atoms in total. The number of aliphatic hydroxyl groups is 1. The number of hydrogen-bond acceptors (Lipinski definition) is 1. The van der Waals surface area contributed by atoms with Crippen molar-refractivity contribution in [1.29, 1.82) is 0 Å². The molecular weight excluding hydrogens is 136 g/mol. The Balaban J connectivity index is 3.97. The molecule has 0 aromatic carbocycles. The second-order valence-electron chi connectivity index (χ2n) is 4.07. The lowest BCUT2D eigenvalue weighted by atomic mass is 9.92. The first-order valence-corrected chi connectivity index (χ1v) is 4.24. The number of allylic oxidation sites excluding steroid dienone is 1. The van der Waals surface area contributed by atoms with Crippen molar-refractivity contribution in [2.45, 2.75) is 40.2 Å². The zero-order valence-corrected chi connectivity index (χ0v) is 8.26. The summed E-state index contributed by atoms with van der Waals surface area (Å²) in [4.78, 5) is 0. The van der Waals surface area contributed by atoms with Crippen LogP contribution in [0.5, 0.6) is 0 Å². The Bertz CT molecular complexity index is 128. The summed E-state index contributed by atoms with van der Waals surface area (Å²) in [5.74, 6) is 0.796. The largest absolute Gasteiger partial charge is 0.390 e. The molecule has 0 bridgehead atoms. The van der Waals surface area contributed by atoms with Gasteiger partial charge in [-0.05, 0) is 19.8 Å². The Morgan fingerprint density at radius 2 is 1.55 bits per heavy atom. The van der Waals surface area contributed by atoms with Crippen LogP contribution in [-0.4, -0.2) is 10.7 Å². The standard InChI is InChI=1S/C10H20O/c1-8(2)6-7-9(3)10(4,5)11/h6-9,11H,1-5H3/b7-6+/t9-/m1/s1. The third-order valence-corrected chi connectivity index (χ3v) is 1.90. The minimum absolute atomic E-state index is 0.227. The van der Waals surface area contributed by atoms with Crippen LogP contribution in [0.1, 0.15) is 34.6 Å². The zero-order valence-electron chi connectivity index (χ0n) is 8.26. The molecule has 0 aromatic heterocycles. The van der Waals surface area contributed by atoms with Crippen LogP contribution >= 0.6 is 0 Å².